The van der Waals surface area contributed by atoms with Crippen molar-refractivity contribution in [3.05, 3.63) is 0 Å². The zero-order valence-corrected chi connectivity index (χ0v) is 12.0. The second-order valence-electron chi connectivity index (χ2n) is 5.00. The summed E-state index contributed by atoms with van der Waals surface area (Å²) in [6.45, 7) is 0. The van der Waals surface area contributed by atoms with Crippen LogP contribution in [-0.4, -0.2) is 37.4 Å². The third-order valence-electron chi connectivity index (χ3n) is 3.95. The number of carbonyl (C=O) groups excluding carboxylic acids is 2. The predicted molar refractivity (Wildman–Crippen MR) is 67.9 cm³/mol. The fourth-order valence-corrected chi connectivity index (χ4v) is 4.68. The summed E-state index contributed by atoms with van der Waals surface area (Å²) < 4.78 is 22.6. The van der Waals surface area contributed by atoms with Gasteiger partial charge in [0.25, 0.3) is 5.91 Å². The van der Waals surface area contributed by atoms with Crippen LogP contribution in [0, 0.1) is 0 Å². The molecule has 2 atom stereocenters. The zero-order chi connectivity index (χ0) is 14.1. The fourth-order valence-electron chi connectivity index (χ4n) is 2.90. The monoisotopic (exact) mass is 290 g/mol. The molecule has 1 saturated heterocycles. The van der Waals surface area contributed by atoms with Gasteiger partial charge in [0.15, 0.2) is 0 Å². The first-order valence-corrected chi connectivity index (χ1v) is 7.92. The van der Waals surface area contributed by atoms with Crippen LogP contribution >= 0.6 is 7.60 Å². The number of imide groups is 1. The van der Waals surface area contributed by atoms with E-state index >= 15 is 0 Å². The molecule has 1 aliphatic carbocycles. The minimum atomic E-state index is -3.24. The molecule has 108 valence electrons. The Labute approximate surface area is 111 Å². The van der Waals surface area contributed by atoms with Crippen molar-refractivity contribution in [1.29, 1.82) is 0 Å². The van der Waals surface area contributed by atoms with Crippen molar-refractivity contribution in [3.63, 3.8) is 0 Å². The minimum Gasteiger partial charge on any atom is -0.323 e. The van der Waals surface area contributed by atoms with Crippen LogP contribution < -0.4 is 10.6 Å². The molecule has 1 heterocycles. The van der Waals surface area contributed by atoms with Gasteiger partial charge in [0.2, 0.25) is 0 Å². The Hall–Kier alpha value is -0.910. The number of nitrogens with one attached hydrogen (secondary N) is 2. The van der Waals surface area contributed by atoms with Crippen LogP contribution in [0.1, 0.15) is 32.1 Å². The van der Waals surface area contributed by atoms with Crippen LogP contribution in [-0.2, 0) is 18.4 Å². The lowest BCUT2D eigenvalue weighted by atomic mass is 9.90. The molecule has 3 amide bonds. The lowest BCUT2D eigenvalue weighted by molar-refractivity contribution is -0.124. The Kier molecular flexibility index (Phi) is 3.99. The summed E-state index contributed by atoms with van der Waals surface area (Å²) in [7, 11) is -0.556. The maximum atomic E-state index is 12.5. The average Bonchev–Trinajstić information content (AvgIpc) is 2.57. The third-order valence-corrected chi connectivity index (χ3v) is 6.30. The maximum Gasteiger partial charge on any atom is 0.333 e. The summed E-state index contributed by atoms with van der Waals surface area (Å²) in [4.78, 5) is 23.4. The van der Waals surface area contributed by atoms with Gasteiger partial charge >= 0.3 is 13.6 Å². The molecule has 2 fully saturated rings. The lowest BCUT2D eigenvalue weighted by Gasteiger charge is -2.30. The molecule has 8 heteroatoms. The molecule has 1 aliphatic heterocycles. The quantitative estimate of drug-likeness (QED) is 0.605. The van der Waals surface area contributed by atoms with Crippen LogP contribution in [0.5, 0.6) is 0 Å². The van der Waals surface area contributed by atoms with E-state index in [9.17, 15) is 14.2 Å². The smallest absolute Gasteiger partial charge is 0.323 e. The predicted octanol–water partition coefficient (Wildman–Crippen LogP) is 1.38. The number of hydrogen-bond acceptors (Lipinski definition) is 5. The van der Waals surface area contributed by atoms with Crippen molar-refractivity contribution in [2.75, 3.05) is 14.2 Å². The summed E-state index contributed by atoms with van der Waals surface area (Å²) >= 11 is 0. The van der Waals surface area contributed by atoms with E-state index in [1.807, 2.05) is 0 Å². The van der Waals surface area contributed by atoms with Crippen LogP contribution in [0.2, 0.25) is 0 Å². The highest BCUT2D eigenvalue weighted by molar-refractivity contribution is 7.54. The number of amides is 3. The summed E-state index contributed by atoms with van der Waals surface area (Å²) in [5.41, 5.74) is -1.35. The Morgan fingerprint density at radius 2 is 1.95 bits per heavy atom. The number of carbonyl (C=O) groups is 2. The van der Waals surface area contributed by atoms with E-state index in [1.165, 1.54) is 14.2 Å². The normalized spacial score (nSPS) is 32.0. The van der Waals surface area contributed by atoms with Crippen LogP contribution in [0.3, 0.4) is 0 Å². The van der Waals surface area contributed by atoms with Crippen LogP contribution in [0.15, 0.2) is 0 Å². The standard InChI is InChI=1S/C11H19N2O5P/c1-17-19(16,18-2)8-5-3-4-6-11(7-8)9(14)12-10(15)13-11/h8H,3-7H2,1-2H3,(H2,12,13,14,15). The Morgan fingerprint density at radius 3 is 2.47 bits per heavy atom. The van der Waals surface area contributed by atoms with Gasteiger partial charge in [-0.2, -0.15) is 0 Å². The first-order chi connectivity index (χ1) is 8.96. The van der Waals surface area contributed by atoms with E-state index in [4.69, 9.17) is 9.05 Å². The molecule has 0 aromatic rings. The number of hydrogen-bond donors (Lipinski definition) is 2. The summed E-state index contributed by atoms with van der Waals surface area (Å²) in [6.07, 6.45) is 3.10. The van der Waals surface area contributed by atoms with Gasteiger partial charge in [-0.3, -0.25) is 14.7 Å². The molecule has 0 bridgehead atoms. The first kappa shape index (κ1) is 14.5. The third kappa shape index (κ3) is 2.55. The molecule has 2 N–H and O–H groups in total. The van der Waals surface area contributed by atoms with E-state index in [1.54, 1.807) is 0 Å². The van der Waals surface area contributed by atoms with Crippen LogP contribution in [0.25, 0.3) is 0 Å². The van der Waals surface area contributed by atoms with Gasteiger partial charge in [-0.1, -0.05) is 12.8 Å². The second kappa shape index (κ2) is 5.23. The van der Waals surface area contributed by atoms with E-state index in [0.29, 0.717) is 12.8 Å². The van der Waals surface area contributed by atoms with Crippen molar-refractivity contribution in [2.45, 2.75) is 43.3 Å². The van der Waals surface area contributed by atoms with Crippen molar-refractivity contribution in [3.8, 4) is 0 Å². The van der Waals surface area contributed by atoms with Crippen molar-refractivity contribution < 1.29 is 23.2 Å². The van der Waals surface area contributed by atoms with Gasteiger partial charge in [-0.25, -0.2) is 4.79 Å². The number of urea groups is 1. The highest BCUT2D eigenvalue weighted by Crippen LogP contribution is 2.57. The highest BCUT2D eigenvalue weighted by atomic mass is 31.2. The molecule has 2 unspecified atom stereocenters. The minimum absolute atomic E-state index is 0.281. The van der Waals surface area contributed by atoms with Gasteiger partial charge in [0.1, 0.15) is 5.54 Å². The van der Waals surface area contributed by atoms with Crippen molar-refractivity contribution in [2.24, 2.45) is 0 Å². The molecule has 2 rings (SSSR count). The van der Waals surface area contributed by atoms with Gasteiger partial charge in [0.05, 0.1) is 5.66 Å². The van der Waals surface area contributed by atoms with Gasteiger partial charge in [-0.15, -0.1) is 0 Å². The van der Waals surface area contributed by atoms with E-state index in [0.717, 1.165) is 12.8 Å². The van der Waals surface area contributed by atoms with E-state index in [-0.39, 0.29) is 18.0 Å². The van der Waals surface area contributed by atoms with Crippen LogP contribution in [0.4, 0.5) is 4.79 Å². The second-order valence-corrected chi connectivity index (χ2v) is 7.54. The molecule has 1 saturated carbocycles. The molecule has 19 heavy (non-hydrogen) atoms. The lowest BCUT2D eigenvalue weighted by Crippen LogP contribution is -2.48. The maximum absolute atomic E-state index is 12.5. The SMILES string of the molecule is COP(=O)(OC)C1CCCCC2(C1)NC(=O)NC2=O. The number of rotatable bonds is 3. The largest absolute Gasteiger partial charge is 0.333 e. The summed E-state index contributed by atoms with van der Waals surface area (Å²) in [5, 5.41) is 4.93. The van der Waals surface area contributed by atoms with Gasteiger partial charge < -0.3 is 14.4 Å². The topological polar surface area (TPSA) is 93.7 Å². The molecule has 1 spiro atoms. The Balaban J connectivity index is 2.27. The van der Waals surface area contributed by atoms with Gasteiger partial charge in [-0.05, 0) is 19.3 Å². The first-order valence-electron chi connectivity index (χ1n) is 6.30. The van der Waals surface area contributed by atoms with E-state index in [2.05, 4.69) is 10.6 Å². The molecular weight excluding hydrogens is 271 g/mol. The highest BCUT2D eigenvalue weighted by Gasteiger charge is 2.51. The molecule has 7 nitrogen and oxygen atoms in total. The zero-order valence-electron chi connectivity index (χ0n) is 11.1. The van der Waals surface area contributed by atoms with E-state index < -0.39 is 19.2 Å². The summed E-state index contributed by atoms with van der Waals surface area (Å²) in [5.74, 6) is -0.344. The van der Waals surface area contributed by atoms with Crippen molar-refractivity contribution in [1.82, 2.24) is 10.6 Å². The Bertz CT molecular complexity index is 433. The molecular formula is C11H19N2O5P. The molecule has 2 aliphatic rings. The Morgan fingerprint density at radius 1 is 1.26 bits per heavy atom. The fraction of sp³-hybridized carbons (Fsp3) is 0.818. The average molecular weight is 290 g/mol. The molecule has 0 radical (unpaired) electrons. The summed E-state index contributed by atoms with van der Waals surface area (Å²) in [6, 6.07) is -0.490. The van der Waals surface area contributed by atoms with Crippen molar-refractivity contribution >= 4 is 19.5 Å². The van der Waals surface area contributed by atoms with Gasteiger partial charge in [0, 0.05) is 14.2 Å². The molecule has 0 aromatic carbocycles. The molecule has 0 aromatic heterocycles.